The zero-order valence-electron chi connectivity index (χ0n) is 10.5. The van der Waals surface area contributed by atoms with Gasteiger partial charge in [0.2, 0.25) is 10.5 Å². The Bertz CT molecular complexity index is 543. The molecular weight excluding hydrogens is 303 g/mol. The van der Waals surface area contributed by atoms with Crippen LogP contribution in [0.2, 0.25) is 0 Å². The number of para-hydroxylation sites is 1. The second-order valence-electron chi connectivity index (χ2n) is 4.80. The minimum Gasteiger partial charge on any atom is -0.426 e. The van der Waals surface area contributed by atoms with Gasteiger partial charge in [0.05, 0.1) is 0 Å². The molecule has 1 aliphatic carbocycles. The average Bonchev–Trinajstić information content (AvgIpc) is 2.86. The highest BCUT2D eigenvalue weighted by atomic mass is 35.5. The topological polar surface area (TPSA) is 60.4 Å². The number of benzene rings is 1. The van der Waals surface area contributed by atoms with Crippen molar-refractivity contribution in [1.29, 1.82) is 0 Å². The fourth-order valence-electron chi connectivity index (χ4n) is 2.38. The summed E-state index contributed by atoms with van der Waals surface area (Å²) in [6, 6.07) is 8.39. The molecule has 1 aromatic rings. The maximum atomic E-state index is 12.3. The summed E-state index contributed by atoms with van der Waals surface area (Å²) < 4.78 is 5.19. The smallest absolute Gasteiger partial charge is 0.326 e. The lowest BCUT2D eigenvalue weighted by molar-refractivity contribution is -0.149. The lowest BCUT2D eigenvalue weighted by atomic mass is 9.87. The molecule has 0 saturated heterocycles. The molecule has 1 aromatic carbocycles. The Morgan fingerprint density at radius 3 is 2.30 bits per heavy atom. The van der Waals surface area contributed by atoms with Crippen molar-refractivity contribution in [2.75, 3.05) is 0 Å². The highest BCUT2D eigenvalue weighted by Gasteiger charge is 2.53. The van der Waals surface area contributed by atoms with E-state index in [1.54, 1.807) is 30.3 Å². The van der Waals surface area contributed by atoms with Crippen LogP contribution in [0.25, 0.3) is 0 Å². The molecular formula is C14H12Cl2O4. The van der Waals surface area contributed by atoms with Gasteiger partial charge in [0, 0.05) is 5.92 Å². The molecule has 0 N–H and O–H groups in total. The molecule has 0 amide bonds. The van der Waals surface area contributed by atoms with E-state index < -0.39 is 27.8 Å². The van der Waals surface area contributed by atoms with Crippen molar-refractivity contribution in [2.45, 2.75) is 19.3 Å². The van der Waals surface area contributed by atoms with Gasteiger partial charge in [-0.15, -0.1) is 0 Å². The van der Waals surface area contributed by atoms with E-state index in [-0.39, 0.29) is 12.8 Å². The Balaban J connectivity index is 2.20. The molecule has 0 bridgehead atoms. The molecule has 2 atom stereocenters. The molecule has 0 heterocycles. The Morgan fingerprint density at radius 1 is 1.15 bits per heavy atom. The number of rotatable bonds is 4. The average molecular weight is 315 g/mol. The van der Waals surface area contributed by atoms with E-state index in [0.29, 0.717) is 12.2 Å². The molecule has 0 aliphatic heterocycles. The standard InChI is InChI=1S/C14H12Cl2O4/c15-11(17)9-6-7-14(8-9,12(16)18)13(19)20-10-4-2-1-3-5-10/h1-5,9H,6-8H2. The summed E-state index contributed by atoms with van der Waals surface area (Å²) in [6.45, 7) is 0. The van der Waals surface area contributed by atoms with Crippen molar-refractivity contribution in [2.24, 2.45) is 11.3 Å². The number of hydrogen-bond acceptors (Lipinski definition) is 4. The zero-order valence-corrected chi connectivity index (χ0v) is 12.0. The monoisotopic (exact) mass is 314 g/mol. The minimum atomic E-state index is -1.48. The lowest BCUT2D eigenvalue weighted by Gasteiger charge is -2.22. The number of hydrogen-bond donors (Lipinski definition) is 0. The number of halogens is 2. The Labute approximate surface area is 126 Å². The molecule has 0 radical (unpaired) electrons. The van der Waals surface area contributed by atoms with Crippen LogP contribution in [0, 0.1) is 11.3 Å². The van der Waals surface area contributed by atoms with E-state index in [0.717, 1.165) is 0 Å². The van der Waals surface area contributed by atoms with Gasteiger partial charge in [-0.25, -0.2) is 0 Å². The fourth-order valence-corrected chi connectivity index (χ4v) is 2.81. The van der Waals surface area contributed by atoms with E-state index >= 15 is 0 Å². The van der Waals surface area contributed by atoms with Crippen molar-refractivity contribution in [3.63, 3.8) is 0 Å². The third kappa shape index (κ3) is 2.86. The van der Waals surface area contributed by atoms with Crippen LogP contribution in [0.1, 0.15) is 19.3 Å². The van der Waals surface area contributed by atoms with E-state index in [4.69, 9.17) is 27.9 Å². The molecule has 6 heteroatoms. The summed E-state index contributed by atoms with van der Waals surface area (Å²) in [4.78, 5) is 35.1. The first-order valence-electron chi connectivity index (χ1n) is 6.12. The predicted molar refractivity (Wildman–Crippen MR) is 73.6 cm³/mol. The number of carbonyl (C=O) groups excluding carboxylic acids is 3. The van der Waals surface area contributed by atoms with Crippen LogP contribution in [0.4, 0.5) is 0 Å². The molecule has 1 saturated carbocycles. The largest absolute Gasteiger partial charge is 0.426 e. The van der Waals surface area contributed by atoms with Crippen molar-refractivity contribution < 1.29 is 19.1 Å². The SMILES string of the molecule is O=C(Cl)C1CCC(C(=O)Cl)(C(=O)Oc2ccccc2)C1. The molecule has 106 valence electrons. The fraction of sp³-hybridized carbons (Fsp3) is 0.357. The van der Waals surface area contributed by atoms with Crippen LogP contribution >= 0.6 is 23.2 Å². The van der Waals surface area contributed by atoms with Gasteiger partial charge in [0.25, 0.3) is 0 Å². The van der Waals surface area contributed by atoms with Crippen LogP contribution in [-0.4, -0.2) is 16.5 Å². The van der Waals surface area contributed by atoms with Gasteiger partial charge in [0.15, 0.2) is 0 Å². The molecule has 0 spiro atoms. The number of ether oxygens (including phenoxy) is 1. The first kappa shape index (κ1) is 15.0. The minimum absolute atomic E-state index is 0.00331. The van der Waals surface area contributed by atoms with Gasteiger partial charge in [0.1, 0.15) is 11.2 Å². The second-order valence-corrected chi connectivity index (χ2v) is 5.52. The van der Waals surface area contributed by atoms with Crippen LogP contribution in [0.15, 0.2) is 30.3 Å². The third-order valence-corrected chi connectivity index (χ3v) is 4.23. The van der Waals surface area contributed by atoms with Crippen molar-refractivity contribution in [1.82, 2.24) is 0 Å². The molecule has 1 fully saturated rings. The van der Waals surface area contributed by atoms with Crippen molar-refractivity contribution in [3.8, 4) is 5.75 Å². The lowest BCUT2D eigenvalue weighted by Crippen LogP contribution is -2.38. The van der Waals surface area contributed by atoms with Crippen molar-refractivity contribution >= 4 is 39.7 Å². The van der Waals surface area contributed by atoms with Gasteiger partial charge in [-0.2, -0.15) is 0 Å². The normalized spacial score (nSPS) is 25.2. The summed E-state index contributed by atoms with van der Waals surface area (Å²) in [5.74, 6) is -0.942. The summed E-state index contributed by atoms with van der Waals surface area (Å²) >= 11 is 11.0. The van der Waals surface area contributed by atoms with Crippen LogP contribution in [0.3, 0.4) is 0 Å². The third-order valence-electron chi connectivity index (χ3n) is 3.56. The first-order valence-corrected chi connectivity index (χ1v) is 6.88. The maximum Gasteiger partial charge on any atom is 0.326 e. The van der Waals surface area contributed by atoms with E-state index in [1.807, 2.05) is 0 Å². The summed E-state index contributed by atoms with van der Waals surface area (Å²) in [5, 5.41) is -1.36. The van der Waals surface area contributed by atoms with Gasteiger partial charge in [-0.1, -0.05) is 18.2 Å². The molecule has 2 unspecified atom stereocenters. The summed E-state index contributed by atoms with van der Waals surface area (Å²) in [6.07, 6.45) is 0.526. The molecule has 1 aliphatic rings. The van der Waals surface area contributed by atoms with Crippen molar-refractivity contribution in [3.05, 3.63) is 30.3 Å². The van der Waals surface area contributed by atoms with Gasteiger partial charge >= 0.3 is 5.97 Å². The van der Waals surface area contributed by atoms with E-state index in [1.165, 1.54) is 0 Å². The van der Waals surface area contributed by atoms with Crippen LogP contribution < -0.4 is 4.74 Å². The Kier molecular flexibility index (Phi) is 4.45. The molecule has 4 nitrogen and oxygen atoms in total. The quantitative estimate of drug-likeness (QED) is 0.371. The summed E-state index contributed by atoms with van der Waals surface area (Å²) in [5.41, 5.74) is -1.48. The molecule has 0 aromatic heterocycles. The molecule has 2 rings (SSSR count). The summed E-state index contributed by atoms with van der Waals surface area (Å²) in [7, 11) is 0. The predicted octanol–water partition coefficient (Wildman–Crippen LogP) is 2.91. The van der Waals surface area contributed by atoms with Gasteiger partial charge < -0.3 is 4.74 Å². The maximum absolute atomic E-state index is 12.3. The zero-order chi connectivity index (χ0) is 14.8. The van der Waals surface area contributed by atoms with E-state index in [9.17, 15) is 14.4 Å². The molecule has 20 heavy (non-hydrogen) atoms. The first-order chi connectivity index (χ1) is 9.45. The highest BCUT2D eigenvalue weighted by molar-refractivity contribution is 6.67. The van der Waals surface area contributed by atoms with E-state index in [2.05, 4.69) is 0 Å². The van der Waals surface area contributed by atoms with Crippen LogP contribution in [-0.2, 0) is 14.4 Å². The number of carbonyl (C=O) groups is 3. The Morgan fingerprint density at radius 2 is 1.80 bits per heavy atom. The van der Waals surface area contributed by atoms with Crippen LogP contribution in [0.5, 0.6) is 5.75 Å². The van der Waals surface area contributed by atoms with Gasteiger partial charge in [-0.3, -0.25) is 14.4 Å². The number of esters is 1. The van der Waals surface area contributed by atoms with Gasteiger partial charge in [-0.05, 0) is 54.6 Å². The second kappa shape index (κ2) is 5.94. The highest BCUT2D eigenvalue weighted by Crippen LogP contribution is 2.45. The Hall–Kier alpha value is -1.39.